The Labute approximate surface area is 107 Å². The predicted molar refractivity (Wildman–Crippen MR) is 67.1 cm³/mol. The molecule has 1 amide bonds. The Morgan fingerprint density at radius 2 is 2.33 bits per heavy atom. The summed E-state index contributed by atoms with van der Waals surface area (Å²) in [5, 5.41) is 11.7. The van der Waals surface area contributed by atoms with Crippen LogP contribution in [-0.2, 0) is 4.74 Å². The summed E-state index contributed by atoms with van der Waals surface area (Å²) in [5.74, 6) is -0.118. The van der Waals surface area contributed by atoms with Gasteiger partial charge in [0, 0.05) is 18.2 Å². The van der Waals surface area contributed by atoms with Crippen LogP contribution in [0.25, 0.3) is 0 Å². The maximum absolute atomic E-state index is 11.9. The highest BCUT2D eigenvalue weighted by atomic mass is 16.5. The zero-order chi connectivity index (χ0) is 13.0. The van der Waals surface area contributed by atoms with Gasteiger partial charge in [0.05, 0.1) is 17.7 Å². The summed E-state index contributed by atoms with van der Waals surface area (Å²) >= 11 is 0. The number of rotatable bonds is 4. The highest BCUT2D eigenvalue weighted by Gasteiger charge is 2.30. The Morgan fingerprint density at radius 3 is 3.00 bits per heavy atom. The van der Waals surface area contributed by atoms with Gasteiger partial charge in [-0.3, -0.25) is 4.79 Å². The van der Waals surface area contributed by atoms with Gasteiger partial charge < -0.3 is 10.1 Å². The van der Waals surface area contributed by atoms with Crippen LogP contribution < -0.4 is 5.32 Å². The number of nitriles is 1. The van der Waals surface area contributed by atoms with Crippen molar-refractivity contribution in [1.29, 1.82) is 5.26 Å². The van der Waals surface area contributed by atoms with Crippen LogP contribution in [0.2, 0.25) is 0 Å². The van der Waals surface area contributed by atoms with E-state index in [2.05, 4.69) is 5.32 Å². The number of benzene rings is 1. The number of nitrogens with zero attached hydrogens (tertiary/aromatic N) is 1. The summed E-state index contributed by atoms with van der Waals surface area (Å²) in [5.41, 5.74) is 1.04. The average molecular weight is 244 g/mol. The van der Waals surface area contributed by atoms with Gasteiger partial charge in [0.25, 0.3) is 5.91 Å². The molecule has 0 heterocycles. The fourth-order valence-electron chi connectivity index (χ4n) is 2.05. The summed E-state index contributed by atoms with van der Waals surface area (Å²) in [4.78, 5) is 11.9. The summed E-state index contributed by atoms with van der Waals surface area (Å²) < 4.78 is 5.44. The van der Waals surface area contributed by atoms with Crippen LogP contribution in [0, 0.1) is 11.3 Å². The molecule has 2 rings (SSSR count). The molecule has 94 valence electrons. The number of nitrogens with one attached hydrogen (secondary N) is 1. The Kier molecular flexibility index (Phi) is 3.96. The van der Waals surface area contributed by atoms with Gasteiger partial charge in [-0.25, -0.2) is 0 Å². The molecule has 0 unspecified atom stereocenters. The highest BCUT2D eigenvalue weighted by Crippen LogP contribution is 2.23. The van der Waals surface area contributed by atoms with Crippen LogP contribution in [0.1, 0.15) is 35.7 Å². The maximum Gasteiger partial charge on any atom is 0.251 e. The van der Waals surface area contributed by atoms with Crippen molar-refractivity contribution in [1.82, 2.24) is 5.32 Å². The topological polar surface area (TPSA) is 62.1 Å². The molecule has 1 fully saturated rings. The van der Waals surface area contributed by atoms with E-state index in [9.17, 15) is 4.79 Å². The fraction of sp³-hybridized carbons (Fsp3) is 0.429. The predicted octanol–water partition coefficient (Wildman–Crippen LogP) is 1.86. The summed E-state index contributed by atoms with van der Waals surface area (Å²) in [6, 6.07) is 8.95. The van der Waals surface area contributed by atoms with E-state index in [1.54, 1.807) is 24.3 Å². The molecule has 18 heavy (non-hydrogen) atoms. The Balaban J connectivity index is 1.87. The van der Waals surface area contributed by atoms with Crippen molar-refractivity contribution in [3.63, 3.8) is 0 Å². The molecular weight excluding hydrogens is 228 g/mol. The van der Waals surface area contributed by atoms with Crippen molar-refractivity contribution in [2.24, 2.45) is 0 Å². The lowest BCUT2D eigenvalue weighted by Gasteiger charge is -2.35. The van der Waals surface area contributed by atoms with Crippen molar-refractivity contribution in [2.75, 3.05) is 6.61 Å². The molecule has 4 nitrogen and oxygen atoms in total. The molecule has 1 saturated carbocycles. The quantitative estimate of drug-likeness (QED) is 0.879. The molecule has 0 radical (unpaired) electrons. The van der Waals surface area contributed by atoms with Crippen molar-refractivity contribution in [3.8, 4) is 6.07 Å². The first-order chi connectivity index (χ1) is 8.72. The number of hydrogen-bond donors (Lipinski definition) is 1. The lowest BCUT2D eigenvalue weighted by Crippen LogP contribution is -2.47. The molecule has 0 saturated heterocycles. The highest BCUT2D eigenvalue weighted by molar-refractivity contribution is 5.94. The number of amides is 1. The Hall–Kier alpha value is -1.86. The SMILES string of the molecule is CCOC1CC(NC(=O)c2cccc(C#N)c2)C1. The van der Waals surface area contributed by atoms with Gasteiger partial charge in [-0.2, -0.15) is 5.26 Å². The second kappa shape index (κ2) is 5.65. The lowest BCUT2D eigenvalue weighted by atomic mass is 9.89. The second-order valence-corrected chi connectivity index (χ2v) is 4.41. The molecule has 1 aromatic carbocycles. The van der Waals surface area contributed by atoms with E-state index in [0.717, 1.165) is 19.4 Å². The molecule has 1 aliphatic rings. The third kappa shape index (κ3) is 2.88. The summed E-state index contributed by atoms with van der Waals surface area (Å²) in [6.45, 7) is 2.69. The number of carbonyl (C=O) groups excluding carboxylic acids is 1. The molecule has 0 atom stereocenters. The molecular formula is C14H16N2O2. The molecule has 1 aliphatic carbocycles. The van der Waals surface area contributed by atoms with Gasteiger partial charge in [-0.15, -0.1) is 0 Å². The number of ether oxygens (including phenoxy) is 1. The number of carbonyl (C=O) groups is 1. The van der Waals surface area contributed by atoms with E-state index in [-0.39, 0.29) is 18.1 Å². The molecule has 0 spiro atoms. The molecule has 0 bridgehead atoms. The van der Waals surface area contributed by atoms with Crippen LogP contribution in [0.5, 0.6) is 0 Å². The monoisotopic (exact) mass is 244 g/mol. The third-order valence-corrected chi connectivity index (χ3v) is 3.09. The lowest BCUT2D eigenvalue weighted by molar-refractivity contribution is -0.00862. The molecule has 4 heteroatoms. The van der Waals surface area contributed by atoms with E-state index >= 15 is 0 Å². The first kappa shape index (κ1) is 12.6. The zero-order valence-electron chi connectivity index (χ0n) is 10.3. The smallest absolute Gasteiger partial charge is 0.251 e. The zero-order valence-corrected chi connectivity index (χ0v) is 10.3. The summed E-state index contributed by atoms with van der Waals surface area (Å²) in [6.07, 6.45) is 2.03. The second-order valence-electron chi connectivity index (χ2n) is 4.41. The third-order valence-electron chi connectivity index (χ3n) is 3.09. The fourth-order valence-corrected chi connectivity index (χ4v) is 2.05. The van der Waals surface area contributed by atoms with Crippen LogP contribution in [0.3, 0.4) is 0 Å². The van der Waals surface area contributed by atoms with Crippen LogP contribution in [0.4, 0.5) is 0 Å². The average Bonchev–Trinajstić information content (AvgIpc) is 2.36. The molecule has 0 aromatic heterocycles. The van der Waals surface area contributed by atoms with Crippen molar-refractivity contribution in [3.05, 3.63) is 35.4 Å². The van der Waals surface area contributed by atoms with Crippen molar-refractivity contribution in [2.45, 2.75) is 31.9 Å². The first-order valence-electron chi connectivity index (χ1n) is 6.15. The van der Waals surface area contributed by atoms with E-state index < -0.39 is 0 Å². The van der Waals surface area contributed by atoms with Crippen LogP contribution >= 0.6 is 0 Å². The number of hydrogen-bond acceptors (Lipinski definition) is 3. The van der Waals surface area contributed by atoms with E-state index in [4.69, 9.17) is 10.00 Å². The van der Waals surface area contributed by atoms with E-state index in [1.807, 2.05) is 13.0 Å². The van der Waals surface area contributed by atoms with E-state index in [1.165, 1.54) is 0 Å². The van der Waals surface area contributed by atoms with Gasteiger partial charge in [-0.05, 0) is 38.0 Å². The van der Waals surface area contributed by atoms with Gasteiger partial charge in [0.15, 0.2) is 0 Å². The minimum Gasteiger partial charge on any atom is -0.378 e. The van der Waals surface area contributed by atoms with Gasteiger partial charge in [-0.1, -0.05) is 6.07 Å². The minimum absolute atomic E-state index is 0.118. The first-order valence-corrected chi connectivity index (χ1v) is 6.15. The van der Waals surface area contributed by atoms with Gasteiger partial charge >= 0.3 is 0 Å². The van der Waals surface area contributed by atoms with Crippen molar-refractivity contribution >= 4 is 5.91 Å². The molecule has 1 aromatic rings. The van der Waals surface area contributed by atoms with Crippen LogP contribution in [-0.4, -0.2) is 24.7 Å². The standard InChI is InChI=1S/C14H16N2O2/c1-2-18-13-7-12(8-13)16-14(17)11-5-3-4-10(6-11)9-15/h3-6,12-13H,2,7-8H2,1H3,(H,16,17). The van der Waals surface area contributed by atoms with Gasteiger partial charge in [0.1, 0.15) is 0 Å². The minimum atomic E-state index is -0.118. The normalized spacial score (nSPS) is 21.8. The molecule has 0 aliphatic heterocycles. The van der Waals surface area contributed by atoms with Gasteiger partial charge in [0.2, 0.25) is 0 Å². The van der Waals surface area contributed by atoms with Crippen LogP contribution in [0.15, 0.2) is 24.3 Å². The Bertz CT molecular complexity index is 473. The largest absolute Gasteiger partial charge is 0.378 e. The summed E-state index contributed by atoms with van der Waals surface area (Å²) in [7, 11) is 0. The molecule has 1 N–H and O–H groups in total. The maximum atomic E-state index is 11.9. The van der Waals surface area contributed by atoms with E-state index in [0.29, 0.717) is 11.1 Å². The van der Waals surface area contributed by atoms with Crippen molar-refractivity contribution < 1.29 is 9.53 Å². The Morgan fingerprint density at radius 1 is 1.56 bits per heavy atom.